The lowest BCUT2D eigenvalue weighted by molar-refractivity contribution is -0.120. The van der Waals surface area contributed by atoms with Crippen LogP contribution in [-0.2, 0) is 11.3 Å². The lowest BCUT2D eigenvalue weighted by Gasteiger charge is -2.23. The number of nitrogens with zero attached hydrogens (tertiary/aromatic N) is 2. The second kappa shape index (κ2) is 8.35. The van der Waals surface area contributed by atoms with Crippen LogP contribution in [0.25, 0.3) is 10.9 Å². The molecule has 28 heavy (non-hydrogen) atoms. The fourth-order valence-electron chi connectivity index (χ4n) is 3.11. The summed E-state index contributed by atoms with van der Waals surface area (Å²) in [5.41, 5.74) is 2.66. The molecule has 0 aliphatic heterocycles. The lowest BCUT2D eigenvalue weighted by atomic mass is 10.2. The van der Waals surface area contributed by atoms with Crippen LogP contribution in [0, 0.1) is 0 Å². The first-order valence-corrected chi connectivity index (χ1v) is 9.17. The summed E-state index contributed by atoms with van der Waals surface area (Å²) in [7, 11) is 0. The van der Waals surface area contributed by atoms with Gasteiger partial charge in [0, 0.05) is 17.3 Å². The number of hydrogen-bond acceptors (Lipinski definition) is 3. The number of pyridine rings is 1. The first-order chi connectivity index (χ1) is 13.8. The second-order valence-corrected chi connectivity index (χ2v) is 6.42. The number of hydrogen-bond donors (Lipinski definition) is 0. The number of para-hydroxylation sites is 2. The van der Waals surface area contributed by atoms with Gasteiger partial charge >= 0.3 is 0 Å². The third kappa shape index (κ3) is 4.01. The Labute approximate surface area is 164 Å². The van der Waals surface area contributed by atoms with Gasteiger partial charge in [0.2, 0.25) is 0 Å². The van der Waals surface area contributed by atoms with Crippen molar-refractivity contribution in [2.24, 2.45) is 0 Å². The van der Waals surface area contributed by atoms with E-state index in [0.29, 0.717) is 12.3 Å². The van der Waals surface area contributed by atoms with E-state index in [2.05, 4.69) is 4.98 Å². The van der Waals surface area contributed by atoms with Gasteiger partial charge < -0.3 is 9.64 Å². The zero-order valence-electron chi connectivity index (χ0n) is 15.4. The van der Waals surface area contributed by atoms with Gasteiger partial charge in [-0.3, -0.25) is 9.78 Å². The fraction of sp³-hybridized carbons (Fsp3) is 0.0833. The molecular weight excluding hydrogens is 348 g/mol. The van der Waals surface area contributed by atoms with E-state index in [-0.39, 0.29) is 12.5 Å². The Bertz CT molecular complexity index is 1060. The van der Waals surface area contributed by atoms with Gasteiger partial charge in [-0.2, -0.15) is 0 Å². The van der Waals surface area contributed by atoms with Crippen molar-refractivity contribution in [3.63, 3.8) is 0 Å². The van der Waals surface area contributed by atoms with Crippen molar-refractivity contribution in [2.45, 2.75) is 6.54 Å². The van der Waals surface area contributed by atoms with Crippen LogP contribution in [0.5, 0.6) is 5.75 Å². The van der Waals surface area contributed by atoms with E-state index in [1.54, 1.807) is 11.1 Å². The van der Waals surface area contributed by atoms with Gasteiger partial charge in [-0.05, 0) is 29.8 Å². The van der Waals surface area contributed by atoms with Crippen LogP contribution in [0.1, 0.15) is 5.56 Å². The Balaban J connectivity index is 1.55. The minimum atomic E-state index is -0.108. The summed E-state index contributed by atoms with van der Waals surface area (Å²) < 4.78 is 5.87. The normalized spacial score (nSPS) is 10.6. The van der Waals surface area contributed by atoms with Gasteiger partial charge in [-0.1, -0.05) is 66.7 Å². The average Bonchev–Trinajstić information content (AvgIpc) is 2.77. The van der Waals surface area contributed by atoms with Crippen LogP contribution < -0.4 is 9.64 Å². The predicted octanol–water partition coefficient (Wildman–Crippen LogP) is 4.85. The molecule has 0 atom stereocenters. The molecule has 0 aliphatic rings. The summed E-state index contributed by atoms with van der Waals surface area (Å²) >= 11 is 0. The molecule has 0 unspecified atom stereocenters. The maximum Gasteiger partial charge on any atom is 0.265 e. The van der Waals surface area contributed by atoms with Gasteiger partial charge in [-0.25, -0.2) is 0 Å². The quantitative estimate of drug-likeness (QED) is 0.489. The largest absolute Gasteiger partial charge is 0.481 e. The highest BCUT2D eigenvalue weighted by molar-refractivity contribution is 5.94. The van der Waals surface area contributed by atoms with E-state index in [9.17, 15) is 4.79 Å². The van der Waals surface area contributed by atoms with Crippen LogP contribution in [0.2, 0.25) is 0 Å². The molecule has 0 spiro atoms. The Morgan fingerprint density at radius 1 is 0.821 bits per heavy atom. The van der Waals surface area contributed by atoms with E-state index in [0.717, 1.165) is 22.2 Å². The number of fused-ring (bicyclic) bond motifs is 1. The van der Waals surface area contributed by atoms with Crippen molar-refractivity contribution >= 4 is 22.5 Å². The maximum absolute atomic E-state index is 13.0. The number of carbonyl (C=O) groups excluding carboxylic acids is 1. The second-order valence-electron chi connectivity index (χ2n) is 6.42. The summed E-state index contributed by atoms with van der Waals surface area (Å²) in [5, 5.41) is 0.983. The average molecular weight is 368 g/mol. The molecule has 4 rings (SSSR count). The van der Waals surface area contributed by atoms with Crippen molar-refractivity contribution < 1.29 is 9.53 Å². The maximum atomic E-state index is 13.0. The highest BCUT2D eigenvalue weighted by atomic mass is 16.5. The van der Waals surface area contributed by atoms with Crippen molar-refractivity contribution in [3.8, 4) is 5.75 Å². The van der Waals surface area contributed by atoms with E-state index < -0.39 is 0 Å². The molecule has 0 N–H and O–H groups in total. The fourth-order valence-corrected chi connectivity index (χ4v) is 3.11. The highest BCUT2D eigenvalue weighted by Gasteiger charge is 2.17. The third-order valence-corrected chi connectivity index (χ3v) is 4.50. The molecule has 0 bridgehead atoms. The van der Waals surface area contributed by atoms with Crippen molar-refractivity contribution in [2.75, 3.05) is 11.5 Å². The van der Waals surface area contributed by atoms with E-state index in [4.69, 9.17) is 4.74 Å². The minimum Gasteiger partial charge on any atom is -0.481 e. The lowest BCUT2D eigenvalue weighted by Crippen LogP contribution is -2.34. The zero-order valence-corrected chi connectivity index (χ0v) is 15.4. The molecule has 1 heterocycles. The predicted molar refractivity (Wildman–Crippen MR) is 111 cm³/mol. The molecule has 0 saturated carbocycles. The summed E-state index contributed by atoms with van der Waals surface area (Å²) in [6.45, 7) is 0.429. The van der Waals surface area contributed by atoms with Crippen LogP contribution in [-0.4, -0.2) is 17.5 Å². The summed E-state index contributed by atoms with van der Waals surface area (Å²) in [6.07, 6.45) is 1.72. The molecule has 0 fully saturated rings. The number of ether oxygens (including phenoxy) is 1. The number of amides is 1. The molecule has 0 saturated heterocycles. The number of benzene rings is 3. The topological polar surface area (TPSA) is 42.4 Å². The van der Waals surface area contributed by atoms with Gasteiger partial charge in [0.25, 0.3) is 5.91 Å². The van der Waals surface area contributed by atoms with Crippen LogP contribution in [0.4, 0.5) is 5.69 Å². The summed E-state index contributed by atoms with van der Waals surface area (Å²) in [6, 6.07) is 29.2. The minimum absolute atomic E-state index is 0.0581. The Morgan fingerprint density at radius 2 is 1.54 bits per heavy atom. The Hall–Kier alpha value is -3.66. The van der Waals surface area contributed by atoms with E-state index in [1.165, 1.54) is 0 Å². The number of carbonyl (C=O) groups is 1. The molecule has 4 nitrogen and oxygen atoms in total. The molecule has 0 radical (unpaired) electrons. The SMILES string of the molecule is O=C(COc1cccc2cccnc12)N(Cc1ccccc1)c1ccccc1. The van der Waals surface area contributed by atoms with Crippen LogP contribution in [0.3, 0.4) is 0 Å². The van der Waals surface area contributed by atoms with Crippen molar-refractivity contribution in [3.05, 3.63) is 103 Å². The highest BCUT2D eigenvalue weighted by Crippen LogP contribution is 2.23. The molecular formula is C24H20N2O2. The van der Waals surface area contributed by atoms with Crippen LogP contribution in [0.15, 0.2) is 97.2 Å². The summed E-state index contributed by atoms with van der Waals surface area (Å²) in [4.78, 5) is 19.2. The van der Waals surface area contributed by atoms with Gasteiger partial charge in [0.1, 0.15) is 11.3 Å². The van der Waals surface area contributed by atoms with Gasteiger partial charge in [0.05, 0.1) is 6.54 Å². The number of anilines is 1. The van der Waals surface area contributed by atoms with Crippen LogP contribution >= 0.6 is 0 Å². The molecule has 138 valence electrons. The smallest absolute Gasteiger partial charge is 0.265 e. The molecule has 4 aromatic rings. The first kappa shape index (κ1) is 17.7. The van der Waals surface area contributed by atoms with Crippen molar-refractivity contribution in [1.82, 2.24) is 4.98 Å². The molecule has 1 aromatic heterocycles. The molecule has 1 amide bonds. The van der Waals surface area contributed by atoms with Gasteiger partial charge in [-0.15, -0.1) is 0 Å². The molecule has 0 aliphatic carbocycles. The first-order valence-electron chi connectivity index (χ1n) is 9.17. The monoisotopic (exact) mass is 368 g/mol. The van der Waals surface area contributed by atoms with E-state index in [1.807, 2.05) is 91.0 Å². The standard InChI is InChI=1S/C24H20N2O2/c27-23(18-28-22-15-7-11-20-12-8-16-25-24(20)22)26(21-13-5-2-6-14-21)17-19-9-3-1-4-10-19/h1-16H,17-18H2. The van der Waals surface area contributed by atoms with E-state index >= 15 is 0 Å². The third-order valence-electron chi connectivity index (χ3n) is 4.50. The zero-order chi connectivity index (χ0) is 19.2. The molecule has 3 aromatic carbocycles. The molecule has 4 heteroatoms. The number of rotatable bonds is 6. The summed E-state index contributed by atoms with van der Waals surface area (Å²) in [5.74, 6) is 0.502. The van der Waals surface area contributed by atoms with Crippen molar-refractivity contribution in [1.29, 1.82) is 0 Å². The Morgan fingerprint density at radius 3 is 2.32 bits per heavy atom. The Kier molecular flexibility index (Phi) is 5.29. The number of aromatic nitrogens is 1. The van der Waals surface area contributed by atoms with Gasteiger partial charge in [0.15, 0.2) is 6.61 Å².